The zero-order chi connectivity index (χ0) is 13.1. The van der Waals surface area contributed by atoms with E-state index in [1.165, 1.54) is 0 Å². The van der Waals surface area contributed by atoms with Crippen molar-refractivity contribution in [2.45, 2.75) is 32.1 Å². The molecule has 92 valence electrons. The first-order chi connectivity index (χ1) is 7.76. The Bertz CT molecular complexity index is 536. The van der Waals surface area contributed by atoms with Crippen molar-refractivity contribution in [3.63, 3.8) is 0 Å². The van der Waals surface area contributed by atoms with E-state index in [2.05, 4.69) is 4.72 Å². The van der Waals surface area contributed by atoms with Crippen molar-refractivity contribution in [2.75, 3.05) is 0 Å². The number of nitriles is 1. The first-order valence-electron chi connectivity index (χ1n) is 5.24. The Morgan fingerprint density at radius 2 is 2.00 bits per heavy atom. The maximum absolute atomic E-state index is 11.8. The maximum atomic E-state index is 11.8. The predicted molar refractivity (Wildman–Crippen MR) is 66.7 cm³/mol. The number of nitrogens with zero attached hydrogens (tertiary/aromatic N) is 1. The second kappa shape index (κ2) is 4.86. The molecule has 0 aliphatic heterocycles. The van der Waals surface area contributed by atoms with Crippen LogP contribution in [0.3, 0.4) is 0 Å². The van der Waals surface area contributed by atoms with Crippen molar-refractivity contribution in [3.05, 3.63) is 35.4 Å². The normalized spacial score (nSPS) is 12.1. The van der Waals surface area contributed by atoms with Crippen LogP contribution in [0, 0.1) is 11.3 Å². The van der Waals surface area contributed by atoms with Gasteiger partial charge in [-0.2, -0.15) is 5.26 Å². The van der Waals surface area contributed by atoms with E-state index >= 15 is 0 Å². The van der Waals surface area contributed by atoms with E-state index in [0.717, 1.165) is 5.56 Å². The van der Waals surface area contributed by atoms with Crippen LogP contribution in [0.1, 0.15) is 31.9 Å². The molecule has 0 saturated heterocycles. The minimum atomic E-state index is -3.35. The van der Waals surface area contributed by atoms with Gasteiger partial charge in [0.15, 0.2) is 0 Å². The van der Waals surface area contributed by atoms with E-state index in [9.17, 15) is 8.42 Å². The van der Waals surface area contributed by atoms with E-state index in [1.807, 2.05) is 6.07 Å². The minimum Gasteiger partial charge on any atom is -0.212 e. The second-order valence-electron chi connectivity index (χ2n) is 4.75. The summed E-state index contributed by atoms with van der Waals surface area (Å²) in [4.78, 5) is 0. The van der Waals surface area contributed by atoms with Crippen LogP contribution in [-0.2, 0) is 16.6 Å². The van der Waals surface area contributed by atoms with Crippen LogP contribution in [0.5, 0.6) is 0 Å². The first kappa shape index (κ1) is 13.7. The van der Waals surface area contributed by atoms with Gasteiger partial charge in [0.2, 0.25) is 10.0 Å². The molecule has 5 heteroatoms. The molecule has 0 atom stereocenters. The lowest BCUT2D eigenvalue weighted by Gasteiger charge is -2.19. The number of hydrogen-bond donors (Lipinski definition) is 1. The smallest absolute Gasteiger partial charge is 0.212 e. The van der Waals surface area contributed by atoms with Gasteiger partial charge in [-0.25, -0.2) is 13.1 Å². The topological polar surface area (TPSA) is 70.0 Å². The summed E-state index contributed by atoms with van der Waals surface area (Å²) in [6.45, 7) is 5.12. The van der Waals surface area contributed by atoms with Crippen LogP contribution >= 0.6 is 0 Å². The van der Waals surface area contributed by atoms with Crippen molar-refractivity contribution in [3.8, 4) is 6.07 Å². The van der Waals surface area contributed by atoms with Crippen molar-refractivity contribution >= 4 is 10.0 Å². The van der Waals surface area contributed by atoms with Crippen LogP contribution in [0.4, 0.5) is 0 Å². The van der Waals surface area contributed by atoms with Gasteiger partial charge in [-0.1, -0.05) is 12.1 Å². The van der Waals surface area contributed by atoms with Gasteiger partial charge in [0, 0.05) is 6.54 Å². The summed E-state index contributed by atoms with van der Waals surface area (Å²) < 4.78 is 25.3. The second-order valence-corrected chi connectivity index (χ2v) is 7.27. The standard InChI is InChI=1S/C12H16N2O2S/c1-12(2,3)17(15,16)14-9-11-6-4-5-10(7-11)8-13/h4-7,14H,9H2,1-3H3. The fourth-order valence-electron chi connectivity index (χ4n) is 1.15. The molecule has 0 heterocycles. The minimum absolute atomic E-state index is 0.203. The fourth-order valence-corrected chi connectivity index (χ4v) is 1.94. The third-order valence-electron chi connectivity index (χ3n) is 2.33. The van der Waals surface area contributed by atoms with E-state index < -0.39 is 14.8 Å². The van der Waals surface area contributed by atoms with Crippen molar-refractivity contribution in [1.82, 2.24) is 4.72 Å². The van der Waals surface area contributed by atoms with Crippen molar-refractivity contribution in [2.24, 2.45) is 0 Å². The van der Waals surface area contributed by atoms with Gasteiger partial charge < -0.3 is 0 Å². The Morgan fingerprint density at radius 1 is 1.35 bits per heavy atom. The summed E-state index contributed by atoms with van der Waals surface area (Å²) in [5.41, 5.74) is 1.30. The summed E-state index contributed by atoms with van der Waals surface area (Å²) in [7, 11) is -3.35. The molecule has 0 aromatic heterocycles. The predicted octanol–water partition coefficient (Wildman–Crippen LogP) is 1.78. The van der Waals surface area contributed by atoms with Crippen LogP contribution in [-0.4, -0.2) is 13.2 Å². The third-order valence-corrected chi connectivity index (χ3v) is 4.47. The van der Waals surface area contributed by atoms with E-state index in [-0.39, 0.29) is 6.54 Å². The molecule has 1 aromatic carbocycles. The maximum Gasteiger partial charge on any atom is 0.216 e. The first-order valence-corrected chi connectivity index (χ1v) is 6.73. The lowest BCUT2D eigenvalue weighted by Crippen LogP contribution is -2.38. The highest BCUT2D eigenvalue weighted by molar-refractivity contribution is 7.90. The summed E-state index contributed by atoms with van der Waals surface area (Å²) >= 11 is 0. The highest BCUT2D eigenvalue weighted by atomic mass is 32.2. The van der Waals surface area contributed by atoms with E-state index in [0.29, 0.717) is 5.56 Å². The average molecular weight is 252 g/mol. The monoisotopic (exact) mass is 252 g/mol. The third kappa shape index (κ3) is 3.55. The highest BCUT2D eigenvalue weighted by Gasteiger charge is 2.28. The molecule has 17 heavy (non-hydrogen) atoms. The van der Waals surface area contributed by atoms with Crippen LogP contribution in [0.25, 0.3) is 0 Å². The van der Waals surface area contributed by atoms with Gasteiger partial charge in [0.25, 0.3) is 0 Å². The largest absolute Gasteiger partial charge is 0.216 e. The Kier molecular flexibility index (Phi) is 3.91. The zero-order valence-corrected chi connectivity index (χ0v) is 11.0. The van der Waals surface area contributed by atoms with Gasteiger partial charge in [-0.05, 0) is 38.5 Å². The van der Waals surface area contributed by atoms with Gasteiger partial charge in [0.1, 0.15) is 0 Å². The summed E-state index contributed by atoms with van der Waals surface area (Å²) in [6, 6.07) is 8.89. The molecule has 0 fully saturated rings. The fraction of sp³-hybridized carbons (Fsp3) is 0.417. The Balaban J connectivity index is 2.79. The Morgan fingerprint density at radius 3 is 2.53 bits per heavy atom. The molecule has 1 aromatic rings. The molecule has 0 aliphatic rings. The van der Waals surface area contributed by atoms with E-state index in [4.69, 9.17) is 5.26 Å². The summed E-state index contributed by atoms with van der Waals surface area (Å²) in [5.74, 6) is 0. The lowest BCUT2D eigenvalue weighted by atomic mass is 10.1. The molecule has 1 rings (SSSR count). The molecule has 0 saturated carbocycles. The molecular weight excluding hydrogens is 236 g/mol. The Labute approximate surface area is 102 Å². The molecule has 4 nitrogen and oxygen atoms in total. The molecule has 0 aliphatic carbocycles. The molecule has 1 N–H and O–H groups in total. The number of benzene rings is 1. The molecular formula is C12H16N2O2S. The Hall–Kier alpha value is -1.38. The quantitative estimate of drug-likeness (QED) is 0.891. The summed E-state index contributed by atoms with van der Waals surface area (Å²) in [5, 5.41) is 8.73. The molecule has 0 spiro atoms. The number of sulfonamides is 1. The van der Waals surface area contributed by atoms with Crippen molar-refractivity contribution < 1.29 is 8.42 Å². The van der Waals surface area contributed by atoms with Gasteiger partial charge in [-0.3, -0.25) is 0 Å². The molecule has 0 radical (unpaired) electrons. The number of rotatable bonds is 3. The van der Waals surface area contributed by atoms with Crippen LogP contribution in [0.2, 0.25) is 0 Å². The zero-order valence-electron chi connectivity index (χ0n) is 10.2. The SMILES string of the molecule is CC(C)(C)S(=O)(=O)NCc1cccc(C#N)c1. The van der Waals surface area contributed by atoms with Crippen molar-refractivity contribution in [1.29, 1.82) is 5.26 Å². The lowest BCUT2D eigenvalue weighted by molar-refractivity contribution is 0.544. The van der Waals surface area contributed by atoms with Gasteiger partial charge in [0.05, 0.1) is 16.4 Å². The van der Waals surface area contributed by atoms with Gasteiger partial charge in [-0.15, -0.1) is 0 Å². The van der Waals surface area contributed by atoms with Gasteiger partial charge >= 0.3 is 0 Å². The number of nitrogens with one attached hydrogen (secondary N) is 1. The molecule has 0 amide bonds. The molecule has 0 bridgehead atoms. The van der Waals surface area contributed by atoms with Crippen LogP contribution < -0.4 is 4.72 Å². The molecule has 0 unspecified atom stereocenters. The number of hydrogen-bond acceptors (Lipinski definition) is 3. The summed E-state index contributed by atoms with van der Waals surface area (Å²) in [6.07, 6.45) is 0. The van der Waals surface area contributed by atoms with E-state index in [1.54, 1.807) is 45.0 Å². The highest BCUT2D eigenvalue weighted by Crippen LogP contribution is 2.14. The average Bonchev–Trinajstić information content (AvgIpc) is 2.25. The van der Waals surface area contributed by atoms with Crippen LogP contribution in [0.15, 0.2) is 24.3 Å².